The third-order valence-electron chi connectivity index (χ3n) is 1.81. The second-order valence-electron chi connectivity index (χ2n) is 2.50. The van der Waals surface area contributed by atoms with Gasteiger partial charge in [0.2, 0.25) is 0 Å². The van der Waals surface area contributed by atoms with Crippen LogP contribution in [0.3, 0.4) is 0 Å². The lowest BCUT2D eigenvalue weighted by Gasteiger charge is -2.04. The van der Waals surface area contributed by atoms with Crippen LogP contribution in [0.1, 0.15) is 26.2 Å². The predicted molar refractivity (Wildman–Crippen MR) is 36.8 cm³/mol. The van der Waals surface area contributed by atoms with Crippen molar-refractivity contribution in [3.63, 3.8) is 0 Å². The zero-order valence-corrected chi connectivity index (χ0v) is 5.72. The van der Waals surface area contributed by atoms with Crippen LogP contribution in [-0.4, -0.2) is 11.2 Å². The molecule has 1 heteroatoms. The van der Waals surface area contributed by atoms with Gasteiger partial charge in [0.25, 0.3) is 0 Å². The minimum atomic E-state index is -0.141. The van der Waals surface area contributed by atoms with Crippen LogP contribution in [-0.2, 0) is 0 Å². The van der Waals surface area contributed by atoms with E-state index in [-0.39, 0.29) is 12.0 Å². The smallest absolute Gasteiger partial charge is 0.0677 e. The highest BCUT2D eigenvalue weighted by Crippen LogP contribution is 2.24. The topological polar surface area (TPSA) is 20.2 Å². The first-order valence-electron chi connectivity index (χ1n) is 3.45. The van der Waals surface area contributed by atoms with Crippen molar-refractivity contribution in [2.75, 3.05) is 0 Å². The van der Waals surface area contributed by atoms with E-state index in [0.29, 0.717) is 0 Å². The molecule has 2 atom stereocenters. The first-order valence-corrected chi connectivity index (χ1v) is 3.45. The highest BCUT2D eigenvalue weighted by atomic mass is 16.3. The Balaban J connectivity index is 2.46. The summed E-state index contributed by atoms with van der Waals surface area (Å²) >= 11 is 0. The maximum Gasteiger partial charge on any atom is 0.0677 e. The van der Waals surface area contributed by atoms with E-state index in [0.717, 1.165) is 19.3 Å². The third-order valence-corrected chi connectivity index (χ3v) is 1.81. The van der Waals surface area contributed by atoms with Crippen LogP contribution in [0, 0.1) is 17.8 Å². The van der Waals surface area contributed by atoms with Gasteiger partial charge in [-0.3, -0.25) is 0 Å². The molecule has 0 bridgehead atoms. The maximum atomic E-state index is 9.22. The Morgan fingerprint density at radius 1 is 1.44 bits per heavy atom. The summed E-state index contributed by atoms with van der Waals surface area (Å²) in [5.41, 5.74) is 0. The van der Waals surface area contributed by atoms with Gasteiger partial charge < -0.3 is 5.11 Å². The lowest BCUT2D eigenvalue weighted by atomic mass is 10.1. The Labute approximate surface area is 56.1 Å². The first-order chi connectivity index (χ1) is 4.34. The van der Waals surface area contributed by atoms with Gasteiger partial charge in [-0.05, 0) is 26.2 Å². The largest absolute Gasteiger partial charge is 0.392 e. The van der Waals surface area contributed by atoms with Gasteiger partial charge in [-0.1, -0.05) is 5.92 Å². The molecule has 1 nitrogen and oxygen atoms in total. The fraction of sp³-hybridized carbons (Fsp3) is 0.750. The molecule has 1 aliphatic carbocycles. The lowest BCUT2D eigenvalue weighted by molar-refractivity contribution is 0.157. The van der Waals surface area contributed by atoms with Gasteiger partial charge in [0, 0.05) is 5.92 Å². The molecule has 0 saturated heterocycles. The van der Waals surface area contributed by atoms with Gasteiger partial charge in [-0.25, -0.2) is 0 Å². The van der Waals surface area contributed by atoms with Gasteiger partial charge in [0.05, 0.1) is 6.10 Å². The zero-order valence-electron chi connectivity index (χ0n) is 5.72. The fourth-order valence-corrected chi connectivity index (χ4v) is 1.29. The normalized spacial score (nSPS) is 33.6. The van der Waals surface area contributed by atoms with E-state index in [1.807, 2.05) is 6.92 Å². The number of hydrogen-bond donors (Lipinski definition) is 1. The summed E-state index contributed by atoms with van der Waals surface area (Å²) in [6.07, 6.45) is 3.03. The van der Waals surface area contributed by atoms with E-state index in [1.165, 1.54) is 0 Å². The van der Waals surface area contributed by atoms with Crippen molar-refractivity contribution in [2.45, 2.75) is 32.3 Å². The van der Waals surface area contributed by atoms with E-state index in [1.54, 1.807) is 0 Å². The summed E-state index contributed by atoms with van der Waals surface area (Å²) in [6, 6.07) is 0. The van der Waals surface area contributed by atoms with Gasteiger partial charge in [-0.2, -0.15) is 0 Å². The molecular formula is C8H12O. The molecule has 1 N–H and O–H groups in total. The van der Waals surface area contributed by atoms with E-state index >= 15 is 0 Å². The molecule has 1 fully saturated rings. The molecule has 0 heterocycles. The molecule has 2 unspecified atom stereocenters. The number of aliphatic hydroxyl groups excluding tert-OH is 1. The summed E-state index contributed by atoms with van der Waals surface area (Å²) < 4.78 is 0. The van der Waals surface area contributed by atoms with Crippen LogP contribution in [0.15, 0.2) is 0 Å². The van der Waals surface area contributed by atoms with Crippen LogP contribution in [0.5, 0.6) is 0 Å². The lowest BCUT2D eigenvalue weighted by Crippen LogP contribution is -2.10. The predicted octanol–water partition coefficient (Wildman–Crippen LogP) is 1.17. The van der Waals surface area contributed by atoms with Crippen molar-refractivity contribution >= 4 is 0 Å². The van der Waals surface area contributed by atoms with E-state index < -0.39 is 0 Å². The Bertz CT molecular complexity index is 140. The second kappa shape index (κ2) is 2.89. The fourth-order valence-electron chi connectivity index (χ4n) is 1.29. The maximum absolute atomic E-state index is 9.22. The van der Waals surface area contributed by atoms with Crippen molar-refractivity contribution < 1.29 is 5.11 Å². The summed E-state index contributed by atoms with van der Waals surface area (Å²) in [7, 11) is 0. The number of hydrogen-bond acceptors (Lipinski definition) is 1. The molecule has 50 valence electrons. The highest BCUT2D eigenvalue weighted by Gasteiger charge is 2.22. The van der Waals surface area contributed by atoms with E-state index in [4.69, 9.17) is 0 Å². The van der Waals surface area contributed by atoms with Crippen LogP contribution < -0.4 is 0 Å². The molecule has 0 aromatic rings. The van der Waals surface area contributed by atoms with Gasteiger partial charge in [-0.15, -0.1) is 5.92 Å². The van der Waals surface area contributed by atoms with Crippen LogP contribution in [0.25, 0.3) is 0 Å². The highest BCUT2D eigenvalue weighted by molar-refractivity contribution is 5.05. The number of rotatable bonds is 0. The molecule has 0 amide bonds. The molecule has 1 saturated carbocycles. The molecule has 9 heavy (non-hydrogen) atoms. The second-order valence-corrected chi connectivity index (χ2v) is 2.50. The average Bonchev–Trinajstić information content (AvgIpc) is 2.18. The van der Waals surface area contributed by atoms with Gasteiger partial charge >= 0.3 is 0 Å². The van der Waals surface area contributed by atoms with Crippen molar-refractivity contribution in [3.8, 4) is 11.8 Å². The summed E-state index contributed by atoms with van der Waals surface area (Å²) in [4.78, 5) is 0. The zero-order chi connectivity index (χ0) is 6.69. The van der Waals surface area contributed by atoms with Crippen molar-refractivity contribution in [1.82, 2.24) is 0 Å². The van der Waals surface area contributed by atoms with Crippen molar-refractivity contribution in [3.05, 3.63) is 0 Å². The van der Waals surface area contributed by atoms with Crippen LogP contribution >= 0.6 is 0 Å². The summed E-state index contributed by atoms with van der Waals surface area (Å²) in [5.74, 6) is 6.10. The molecule has 0 spiro atoms. The Kier molecular flexibility index (Phi) is 2.13. The molecule has 0 aromatic carbocycles. The van der Waals surface area contributed by atoms with Gasteiger partial charge in [0.15, 0.2) is 0 Å². The molecule has 0 aromatic heterocycles. The molecule has 0 radical (unpaired) electrons. The molecule has 1 aliphatic rings. The van der Waals surface area contributed by atoms with E-state index in [9.17, 15) is 5.11 Å². The monoisotopic (exact) mass is 124 g/mol. The van der Waals surface area contributed by atoms with Gasteiger partial charge in [0.1, 0.15) is 0 Å². The van der Waals surface area contributed by atoms with Crippen molar-refractivity contribution in [2.24, 2.45) is 5.92 Å². The summed E-state index contributed by atoms with van der Waals surface area (Å²) in [5, 5.41) is 9.22. The van der Waals surface area contributed by atoms with E-state index in [2.05, 4.69) is 11.8 Å². The summed E-state index contributed by atoms with van der Waals surface area (Å²) in [6.45, 7) is 1.82. The van der Waals surface area contributed by atoms with Crippen LogP contribution in [0.4, 0.5) is 0 Å². The average molecular weight is 124 g/mol. The Morgan fingerprint density at radius 2 is 2.22 bits per heavy atom. The SMILES string of the molecule is CC#CC1CCCC1O. The van der Waals surface area contributed by atoms with Crippen LogP contribution in [0.2, 0.25) is 0 Å². The van der Waals surface area contributed by atoms with Crippen molar-refractivity contribution in [1.29, 1.82) is 0 Å². The third kappa shape index (κ3) is 1.46. The minimum Gasteiger partial charge on any atom is -0.392 e. The molecule has 0 aliphatic heterocycles. The molecular weight excluding hydrogens is 112 g/mol. The first kappa shape index (κ1) is 6.64. The molecule has 1 rings (SSSR count). The number of aliphatic hydroxyl groups is 1. The Hall–Kier alpha value is -0.480. The quantitative estimate of drug-likeness (QED) is 0.481. The standard InChI is InChI=1S/C8H12O/c1-2-4-7-5-3-6-8(7)9/h7-9H,3,5-6H2,1H3. The minimum absolute atomic E-state index is 0.141. The Morgan fingerprint density at radius 3 is 2.67 bits per heavy atom.